The third kappa shape index (κ3) is 0.856. The molecule has 2 aliphatic heterocycles. The summed E-state index contributed by atoms with van der Waals surface area (Å²) >= 11 is 0. The standard InChI is InChI=1S/C8H9NO/c1-2-7-6-10-5-3-8(7)9-4-1/h1-3,5,7H,4,6H2. The van der Waals surface area contributed by atoms with E-state index in [1.807, 2.05) is 6.08 Å². The van der Waals surface area contributed by atoms with E-state index in [0.717, 1.165) is 18.9 Å². The molecule has 0 N–H and O–H groups in total. The number of hydrogen-bond acceptors (Lipinski definition) is 2. The zero-order chi connectivity index (χ0) is 6.81. The normalized spacial score (nSPS) is 28.8. The van der Waals surface area contributed by atoms with Crippen molar-refractivity contribution in [2.45, 2.75) is 0 Å². The Bertz CT molecular complexity index is 215. The molecule has 0 aromatic heterocycles. The molecule has 1 atom stereocenters. The van der Waals surface area contributed by atoms with Gasteiger partial charge in [-0.3, -0.25) is 4.99 Å². The van der Waals surface area contributed by atoms with Crippen molar-refractivity contribution in [3.05, 3.63) is 24.5 Å². The Hall–Kier alpha value is -1.05. The Morgan fingerprint density at radius 1 is 1.60 bits per heavy atom. The van der Waals surface area contributed by atoms with E-state index in [9.17, 15) is 0 Å². The van der Waals surface area contributed by atoms with Crippen LogP contribution in [-0.4, -0.2) is 18.9 Å². The molecule has 2 heteroatoms. The van der Waals surface area contributed by atoms with E-state index in [1.54, 1.807) is 6.26 Å². The first kappa shape index (κ1) is 5.71. The van der Waals surface area contributed by atoms with Crippen LogP contribution in [0, 0.1) is 5.92 Å². The van der Waals surface area contributed by atoms with Crippen molar-refractivity contribution >= 4 is 5.71 Å². The summed E-state index contributed by atoms with van der Waals surface area (Å²) in [5.74, 6) is 0.416. The number of nitrogens with zero attached hydrogens (tertiary/aromatic N) is 1. The molecule has 2 rings (SSSR count). The molecular formula is C8H9NO. The first-order chi connectivity index (χ1) is 4.97. The lowest BCUT2D eigenvalue weighted by Gasteiger charge is -2.19. The lowest BCUT2D eigenvalue weighted by Crippen LogP contribution is -2.21. The highest BCUT2D eigenvalue weighted by molar-refractivity contribution is 5.99. The van der Waals surface area contributed by atoms with Crippen LogP contribution in [0.1, 0.15) is 0 Å². The number of dihydropyridines is 1. The Balaban J connectivity index is 2.26. The van der Waals surface area contributed by atoms with Crippen LogP contribution >= 0.6 is 0 Å². The largest absolute Gasteiger partial charge is 0.500 e. The molecule has 10 heavy (non-hydrogen) atoms. The molecule has 2 nitrogen and oxygen atoms in total. The summed E-state index contributed by atoms with van der Waals surface area (Å²) in [6, 6.07) is 0. The van der Waals surface area contributed by atoms with E-state index >= 15 is 0 Å². The van der Waals surface area contributed by atoms with Gasteiger partial charge in [-0.1, -0.05) is 12.2 Å². The fraction of sp³-hybridized carbons (Fsp3) is 0.375. The fourth-order valence-electron chi connectivity index (χ4n) is 1.19. The number of aliphatic imine (C=N–C) groups is 1. The molecule has 52 valence electrons. The predicted molar refractivity (Wildman–Crippen MR) is 40.0 cm³/mol. The van der Waals surface area contributed by atoms with Crippen LogP contribution < -0.4 is 0 Å². The average molecular weight is 135 g/mol. The molecule has 0 amide bonds. The zero-order valence-electron chi connectivity index (χ0n) is 5.66. The van der Waals surface area contributed by atoms with E-state index in [-0.39, 0.29) is 0 Å². The lowest BCUT2D eigenvalue weighted by atomic mass is 10.0. The van der Waals surface area contributed by atoms with Crippen LogP contribution in [0.15, 0.2) is 29.5 Å². The molecule has 0 spiro atoms. The quantitative estimate of drug-likeness (QED) is 0.457. The van der Waals surface area contributed by atoms with Gasteiger partial charge in [0, 0.05) is 5.71 Å². The minimum atomic E-state index is 0.416. The van der Waals surface area contributed by atoms with Crippen molar-refractivity contribution in [2.75, 3.05) is 13.2 Å². The van der Waals surface area contributed by atoms with Crippen molar-refractivity contribution in [1.29, 1.82) is 0 Å². The summed E-state index contributed by atoms with van der Waals surface area (Å²) < 4.78 is 5.13. The molecular weight excluding hydrogens is 126 g/mol. The predicted octanol–water partition coefficient (Wildman–Crippen LogP) is 1.16. The average Bonchev–Trinajstić information content (AvgIpc) is 2.05. The van der Waals surface area contributed by atoms with Gasteiger partial charge >= 0.3 is 0 Å². The van der Waals surface area contributed by atoms with Gasteiger partial charge in [-0.05, 0) is 6.08 Å². The third-order valence-electron chi connectivity index (χ3n) is 1.74. The van der Waals surface area contributed by atoms with Crippen molar-refractivity contribution < 1.29 is 4.74 Å². The second-order valence-electron chi connectivity index (χ2n) is 2.44. The Labute approximate surface area is 59.9 Å². The van der Waals surface area contributed by atoms with Gasteiger partial charge in [-0.2, -0.15) is 0 Å². The molecule has 1 unspecified atom stereocenters. The van der Waals surface area contributed by atoms with Gasteiger partial charge in [-0.25, -0.2) is 0 Å². The van der Waals surface area contributed by atoms with E-state index in [1.165, 1.54) is 0 Å². The summed E-state index contributed by atoms with van der Waals surface area (Å²) in [4.78, 5) is 4.31. The van der Waals surface area contributed by atoms with Gasteiger partial charge in [0.1, 0.15) is 0 Å². The maximum absolute atomic E-state index is 5.13. The SMILES string of the molecule is C1=CC2COC=CC2=NC1. The second kappa shape index (κ2) is 2.29. The van der Waals surface area contributed by atoms with Crippen molar-refractivity contribution in [3.63, 3.8) is 0 Å². The zero-order valence-corrected chi connectivity index (χ0v) is 5.66. The monoisotopic (exact) mass is 135 g/mol. The van der Waals surface area contributed by atoms with Crippen LogP contribution in [0.5, 0.6) is 0 Å². The fourth-order valence-corrected chi connectivity index (χ4v) is 1.19. The first-order valence-corrected chi connectivity index (χ1v) is 3.46. The summed E-state index contributed by atoms with van der Waals surface area (Å²) in [6.07, 6.45) is 7.90. The van der Waals surface area contributed by atoms with Crippen LogP contribution in [0.3, 0.4) is 0 Å². The minimum Gasteiger partial charge on any atom is -0.500 e. The van der Waals surface area contributed by atoms with E-state index < -0.39 is 0 Å². The van der Waals surface area contributed by atoms with Gasteiger partial charge < -0.3 is 4.74 Å². The highest BCUT2D eigenvalue weighted by atomic mass is 16.5. The number of rotatable bonds is 0. The topological polar surface area (TPSA) is 21.6 Å². The Kier molecular flexibility index (Phi) is 1.31. The molecule has 0 fully saturated rings. The minimum absolute atomic E-state index is 0.416. The summed E-state index contributed by atoms with van der Waals surface area (Å²) in [7, 11) is 0. The van der Waals surface area contributed by atoms with Crippen LogP contribution in [-0.2, 0) is 4.74 Å². The Morgan fingerprint density at radius 3 is 3.50 bits per heavy atom. The Morgan fingerprint density at radius 2 is 2.60 bits per heavy atom. The maximum atomic E-state index is 5.13. The van der Waals surface area contributed by atoms with E-state index in [4.69, 9.17) is 4.74 Å². The van der Waals surface area contributed by atoms with Crippen LogP contribution in [0.4, 0.5) is 0 Å². The highest BCUT2D eigenvalue weighted by Crippen LogP contribution is 2.13. The van der Waals surface area contributed by atoms with Gasteiger partial charge in [0.05, 0.1) is 25.3 Å². The third-order valence-corrected chi connectivity index (χ3v) is 1.74. The molecule has 0 saturated heterocycles. The molecule has 2 heterocycles. The number of ether oxygens (including phenoxy) is 1. The lowest BCUT2D eigenvalue weighted by molar-refractivity contribution is 0.231. The number of allylic oxidation sites excluding steroid dienone is 1. The number of fused-ring (bicyclic) bond motifs is 1. The molecule has 0 aliphatic carbocycles. The van der Waals surface area contributed by atoms with Gasteiger partial charge in [0.25, 0.3) is 0 Å². The molecule has 0 aromatic carbocycles. The summed E-state index contributed by atoms with van der Waals surface area (Å²) in [5, 5.41) is 0. The smallest absolute Gasteiger partial charge is 0.0991 e. The van der Waals surface area contributed by atoms with Gasteiger partial charge in [0.15, 0.2) is 0 Å². The highest BCUT2D eigenvalue weighted by Gasteiger charge is 2.15. The van der Waals surface area contributed by atoms with Crippen molar-refractivity contribution in [1.82, 2.24) is 0 Å². The van der Waals surface area contributed by atoms with Crippen molar-refractivity contribution in [2.24, 2.45) is 10.9 Å². The van der Waals surface area contributed by atoms with Crippen LogP contribution in [0.2, 0.25) is 0 Å². The summed E-state index contributed by atoms with van der Waals surface area (Å²) in [6.45, 7) is 1.59. The molecule has 0 saturated carbocycles. The van der Waals surface area contributed by atoms with Crippen LogP contribution in [0.25, 0.3) is 0 Å². The number of hydrogen-bond donors (Lipinski definition) is 0. The van der Waals surface area contributed by atoms with Gasteiger partial charge in [0.2, 0.25) is 0 Å². The van der Waals surface area contributed by atoms with E-state index in [0.29, 0.717) is 5.92 Å². The van der Waals surface area contributed by atoms with Crippen molar-refractivity contribution in [3.8, 4) is 0 Å². The first-order valence-electron chi connectivity index (χ1n) is 3.46. The molecule has 0 radical (unpaired) electrons. The molecule has 2 aliphatic rings. The molecule has 0 aromatic rings. The van der Waals surface area contributed by atoms with Gasteiger partial charge in [-0.15, -0.1) is 0 Å². The second-order valence-corrected chi connectivity index (χ2v) is 2.44. The summed E-state index contributed by atoms with van der Waals surface area (Å²) in [5.41, 5.74) is 1.16. The maximum Gasteiger partial charge on any atom is 0.0991 e. The van der Waals surface area contributed by atoms with E-state index in [2.05, 4.69) is 17.1 Å². The molecule has 0 bridgehead atoms.